The summed E-state index contributed by atoms with van der Waals surface area (Å²) in [7, 11) is 0. The molecular weight excluding hydrogens is 399 g/mol. The molecule has 1 N–H and O–H groups in total. The van der Waals surface area contributed by atoms with E-state index in [2.05, 4.69) is 10.3 Å². The molecular formula is C23H27FN4O3. The number of carbonyl (C=O) groups excluding carboxylic acids is 2. The van der Waals surface area contributed by atoms with Gasteiger partial charge < -0.3 is 19.9 Å². The number of carbonyl (C=O) groups is 2. The fourth-order valence-corrected chi connectivity index (χ4v) is 4.05. The number of amides is 2. The number of halogens is 1. The summed E-state index contributed by atoms with van der Waals surface area (Å²) < 4.78 is 18.5. The van der Waals surface area contributed by atoms with Gasteiger partial charge in [0, 0.05) is 37.8 Å². The number of hydrogen-bond acceptors (Lipinski definition) is 5. The Labute approximate surface area is 181 Å². The SMILES string of the molecule is O=C(Nc1ccc(OC(=O)N2CCN(c3ccc(F)cn3)CC2)cc1)C1CCCCC1. The lowest BCUT2D eigenvalue weighted by molar-refractivity contribution is -0.120. The molecule has 1 aliphatic heterocycles. The van der Waals surface area contributed by atoms with Gasteiger partial charge >= 0.3 is 6.09 Å². The van der Waals surface area contributed by atoms with E-state index in [4.69, 9.17) is 4.74 Å². The zero-order valence-electron chi connectivity index (χ0n) is 17.4. The van der Waals surface area contributed by atoms with Crippen molar-refractivity contribution in [3.05, 3.63) is 48.4 Å². The van der Waals surface area contributed by atoms with Crippen LogP contribution in [0.15, 0.2) is 42.6 Å². The number of ether oxygens (including phenoxy) is 1. The lowest BCUT2D eigenvalue weighted by Gasteiger charge is -2.34. The molecule has 0 unspecified atom stereocenters. The van der Waals surface area contributed by atoms with Crippen LogP contribution in [0.2, 0.25) is 0 Å². The molecule has 2 fully saturated rings. The minimum atomic E-state index is -0.411. The number of hydrogen-bond donors (Lipinski definition) is 1. The van der Waals surface area contributed by atoms with E-state index in [1.165, 1.54) is 18.7 Å². The minimum Gasteiger partial charge on any atom is -0.410 e. The number of benzene rings is 1. The Morgan fingerprint density at radius 3 is 2.32 bits per heavy atom. The Morgan fingerprint density at radius 1 is 0.968 bits per heavy atom. The second kappa shape index (κ2) is 9.76. The Morgan fingerprint density at radius 2 is 1.68 bits per heavy atom. The highest BCUT2D eigenvalue weighted by Crippen LogP contribution is 2.25. The van der Waals surface area contributed by atoms with Gasteiger partial charge in [0.25, 0.3) is 0 Å². The van der Waals surface area contributed by atoms with E-state index < -0.39 is 6.09 Å². The highest BCUT2D eigenvalue weighted by atomic mass is 19.1. The van der Waals surface area contributed by atoms with Gasteiger partial charge in [-0.1, -0.05) is 19.3 Å². The summed E-state index contributed by atoms with van der Waals surface area (Å²) in [5.74, 6) is 0.919. The van der Waals surface area contributed by atoms with E-state index >= 15 is 0 Å². The molecule has 2 heterocycles. The van der Waals surface area contributed by atoms with E-state index in [1.54, 1.807) is 35.2 Å². The quantitative estimate of drug-likeness (QED) is 0.798. The van der Waals surface area contributed by atoms with Gasteiger partial charge in [-0.15, -0.1) is 0 Å². The Kier molecular flexibility index (Phi) is 6.64. The molecule has 8 heteroatoms. The van der Waals surface area contributed by atoms with Crippen molar-refractivity contribution in [2.24, 2.45) is 5.92 Å². The molecule has 0 spiro atoms. The standard InChI is InChI=1S/C23H27FN4O3/c24-18-6-11-21(25-16-18)27-12-14-28(15-13-27)23(30)31-20-9-7-19(8-10-20)26-22(29)17-4-2-1-3-5-17/h6-11,16-17H,1-5,12-15H2,(H,26,29). The van der Waals surface area contributed by atoms with E-state index in [-0.39, 0.29) is 17.6 Å². The first-order valence-electron chi connectivity index (χ1n) is 10.8. The average Bonchev–Trinajstić information content (AvgIpc) is 2.81. The van der Waals surface area contributed by atoms with Crippen LogP contribution in [-0.4, -0.2) is 48.1 Å². The summed E-state index contributed by atoms with van der Waals surface area (Å²) in [4.78, 5) is 32.6. The molecule has 0 radical (unpaired) electrons. The van der Waals surface area contributed by atoms with Crippen molar-refractivity contribution < 1.29 is 18.7 Å². The maximum atomic E-state index is 13.0. The number of anilines is 2. The molecule has 1 saturated heterocycles. The summed E-state index contributed by atoms with van der Waals surface area (Å²) in [6.45, 7) is 2.18. The topological polar surface area (TPSA) is 74.8 Å². The minimum absolute atomic E-state index is 0.0676. The molecule has 31 heavy (non-hydrogen) atoms. The van der Waals surface area contributed by atoms with Gasteiger partial charge in [0.15, 0.2) is 0 Å². The summed E-state index contributed by atoms with van der Waals surface area (Å²) >= 11 is 0. The zero-order valence-corrected chi connectivity index (χ0v) is 17.4. The summed E-state index contributed by atoms with van der Waals surface area (Å²) in [6.07, 6.45) is 6.12. The predicted octanol–water partition coefficient (Wildman–Crippen LogP) is 4.06. The Hall–Kier alpha value is -3.16. The van der Waals surface area contributed by atoms with Crippen LogP contribution in [0, 0.1) is 11.7 Å². The highest BCUT2D eigenvalue weighted by molar-refractivity contribution is 5.92. The molecule has 0 atom stereocenters. The fraction of sp³-hybridized carbons (Fsp3) is 0.435. The molecule has 1 saturated carbocycles. The van der Waals surface area contributed by atoms with Crippen molar-refractivity contribution in [1.29, 1.82) is 0 Å². The van der Waals surface area contributed by atoms with Crippen LogP contribution < -0.4 is 15.0 Å². The lowest BCUT2D eigenvalue weighted by Crippen LogP contribution is -2.49. The van der Waals surface area contributed by atoms with Crippen LogP contribution in [-0.2, 0) is 4.79 Å². The van der Waals surface area contributed by atoms with Crippen LogP contribution in [0.25, 0.3) is 0 Å². The van der Waals surface area contributed by atoms with Gasteiger partial charge in [-0.3, -0.25) is 4.79 Å². The largest absolute Gasteiger partial charge is 0.415 e. The maximum Gasteiger partial charge on any atom is 0.415 e. The van der Waals surface area contributed by atoms with Crippen LogP contribution in [0.3, 0.4) is 0 Å². The van der Waals surface area contributed by atoms with E-state index in [1.807, 2.05) is 4.90 Å². The first-order valence-corrected chi connectivity index (χ1v) is 10.8. The second-order valence-corrected chi connectivity index (χ2v) is 8.03. The van der Waals surface area contributed by atoms with E-state index in [9.17, 15) is 14.0 Å². The molecule has 1 aromatic heterocycles. The van der Waals surface area contributed by atoms with Gasteiger partial charge in [-0.25, -0.2) is 14.2 Å². The smallest absolute Gasteiger partial charge is 0.410 e. The number of pyridine rings is 1. The molecule has 4 rings (SSSR count). The van der Waals surface area contributed by atoms with E-state index in [0.717, 1.165) is 25.7 Å². The molecule has 2 aromatic rings. The van der Waals surface area contributed by atoms with Gasteiger partial charge in [0.05, 0.1) is 6.20 Å². The number of piperazine rings is 1. The van der Waals surface area contributed by atoms with Crippen molar-refractivity contribution in [2.75, 3.05) is 36.4 Å². The number of nitrogens with one attached hydrogen (secondary N) is 1. The third kappa shape index (κ3) is 5.51. The van der Waals surface area contributed by atoms with Crippen LogP contribution in [0.1, 0.15) is 32.1 Å². The maximum absolute atomic E-state index is 13.0. The monoisotopic (exact) mass is 426 g/mol. The molecule has 164 valence electrons. The van der Waals surface area contributed by atoms with Gasteiger partial charge in [0.2, 0.25) is 5.91 Å². The summed E-state index contributed by atoms with van der Waals surface area (Å²) in [6, 6.07) is 9.89. The highest BCUT2D eigenvalue weighted by Gasteiger charge is 2.24. The number of nitrogens with zero attached hydrogens (tertiary/aromatic N) is 3. The zero-order chi connectivity index (χ0) is 21.6. The van der Waals surface area contributed by atoms with Crippen LogP contribution in [0.4, 0.5) is 20.7 Å². The fourth-order valence-electron chi connectivity index (χ4n) is 4.05. The first kappa shape index (κ1) is 21.1. The third-order valence-corrected chi connectivity index (χ3v) is 5.88. The first-order chi connectivity index (χ1) is 15.1. The Balaban J connectivity index is 1.25. The average molecular weight is 426 g/mol. The number of rotatable bonds is 4. The van der Waals surface area contributed by atoms with Crippen molar-refractivity contribution in [3.8, 4) is 5.75 Å². The molecule has 0 bridgehead atoms. The summed E-state index contributed by atoms with van der Waals surface area (Å²) in [5.41, 5.74) is 0.704. The van der Waals surface area contributed by atoms with E-state index in [0.29, 0.717) is 43.4 Å². The lowest BCUT2D eigenvalue weighted by atomic mass is 9.88. The van der Waals surface area contributed by atoms with Crippen LogP contribution in [0.5, 0.6) is 5.75 Å². The normalized spacial score (nSPS) is 17.3. The molecule has 7 nitrogen and oxygen atoms in total. The van der Waals surface area contributed by atoms with Crippen LogP contribution >= 0.6 is 0 Å². The van der Waals surface area contributed by atoms with Crippen molar-refractivity contribution in [3.63, 3.8) is 0 Å². The summed E-state index contributed by atoms with van der Waals surface area (Å²) in [5, 5.41) is 2.95. The van der Waals surface area contributed by atoms with Crippen molar-refractivity contribution >= 4 is 23.5 Å². The third-order valence-electron chi connectivity index (χ3n) is 5.88. The molecule has 2 aliphatic rings. The predicted molar refractivity (Wildman–Crippen MR) is 116 cm³/mol. The molecule has 2 amide bonds. The van der Waals surface area contributed by atoms with Crippen molar-refractivity contribution in [2.45, 2.75) is 32.1 Å². The second-order valence-electron chi connectivity index (χ2n) is 8.03. The van der Waals surface area contributed by atoms with Gasteiger partial charge in [-0.2, -0.15) is 0 Å². The van der Waals surface area contributed by atoms with Crippen molar-refractivity contribution in [1.82, 2.24) is 9.88 Å². The molecule has 1 aliphatic carbocycles. The van der Waals surface area contributed by atoms with Gasteiger partial charge in [0.1, 0.15) is 17.4 Å². The molecule has 1 aromatic carbocycles. The number of aromatic nitrogens is 1. The Bertz CT molecular complexity index is 890. The van der Waals surface area contributed by atoms with Gasteiger partial charge in [-0.05, 0) is 49.2 Å².